The summed E-state index contributed by atoms with van der Waals surface area (Å²) in [4.78, 5) is 26.4. The van der Waals surface area contributed by atoms with E-state index in [4.69, 9.17) is 4.74 Å². The van der Waals surface area contributed by atoms with Gasteiger partial charge in [0.25, 0.3) is 0 Å². The topological polar surface area (TPSA) is 66.8 Å². The van der Waals surface area contributed by atoms with Crippen LogP contribution in [0.1, 0.15) is 43.7 Å². The van der Waals surface area contributed by atoms with Crippen molar-refractivity contribution in [2.24, 2.45) is 0 Å². The molecule has 0 spiro atoms. The van der Waals surface area contributed by atoms with Crippen molar-refractivity contribution < 1.29 is 19.4 Å². The highest BCUT2D eigenvalue weighted by Crippen LogP contribution is 2.31. The number of ether oxygens (including phenoxy) is 1. The number of carboxylic acid groups (broad SMARTS) is 1. The number of aliphatic carboxylic acids is 1. The molecule has 3 aromatic carbocycles. The van der Waals surface area contributed by atoms with Gasteiger partial charge < -0.3 is 14.7 Å². The molecule has 1 fully saturated rings. The lowest BCUT2D eigenvalue weighted by atomic mass is 9.90. The molecule has 1 N–H and O–H groups in total. The van der Waals surface area contributed by atoms with E-state index in [2.05, 4.69) is 24.3 Å². The zero-order chi connectivity index (χ0) is 24.1. The lowest BCUT2D eigenvalue weighted by Crippen LogP contribution is -2.40. The number of carbonyl (C=O) groups is 2. The molecule has 0 bridgehead atoms. The van der Waals surface area contributed by atoms with Crippen molar-refractivity contribution >= 4 is 11.9 Å². The first-order valence-electron chi connectivity index (χ1n) is 11.8. The van der Waals surface area contributed by atoms with Crippen molar-refractivity contribution in [3.05, 3.63) is 90.0 Å². The molecule has 34 heavy (non-hydrogen) atoms. The Balaban J connectivity index is 1.39. The van der Waals surface area contributed by atoms with Gasteiger partial charge in [0.1, 0.15) is 5.75 Å². The van der Waals surface area contributed by atoms with Crippen LogP contribution in [0.4, 0.5) is 0 Å². The Kier molecular flexibility index (Phi) is 7.01. The quantitative estimate of drug-likeness (QED) is 0.506. The van der Waals surface area contributed by atoms with E-state index < -0.39 is 11.6 Å². The first-order valence-corrected chi connectivity index (χ1v) is 11.8. The fourth-order valence-electron chi connectivity index (χ4n) is 4.38. The molecule has 1 heterocycles. The molecule has 1 aliphatic rings. The van der Waals surface area contributed by atoms with Gasteiger partial charge in [-0.1, -0.05) is 66.7 Å². The van der Waals surface area contributed by atoms with Crippen LogP contribution in [0.25, 0.3) is 11.1 Å². The average Bonchev–Trinajstić information content (AvgIpc) is 2.85. The molecular formula is C29H31NO4. The van der Waals surface area contributed by atoms with E-state index in [0.717, 1.165) is 41.6 Å². The zero-order valence-electron chi connectivity index (χ0n) is 19.7. The Bertz CT molecular complexity index is 1140. The number of likely N-dealkylation sites (tertiary alicyclic amines) is 1. The molecule has 5 nitrogen and oxygen atoms in total. The molecule has 1 saturated heterocycles. The van der Waals surface area contributed by atoms with E-state index >= 15 is 0 Å². The van der Waals surface area contributed by atoms with E-state index in [-0.39, 0.29) is 11.8 Å². The molecule has 4 rings (SSSR count). The lowest BCUT2D eigenvalue weighted by Gasteiger charge is -2.33. The van der Waals surface area contributed by atoms with E-state index in [9.17, 15) is 14.7 Å². The average molecular weight is 458 g/mol. The minimum atomic E-state index is -1.30. The summed E-state index contributed by atoms with van der Waals surface area (Å²) in [6, 6.07) is 26.0. The highest BCUT2D eigenvalue weighted by atomic mass is 16.5. The minimum absolute atomic E-state index is 0.136. The van der Waals surface area contributed by atoms with Gasteiger partial charge in [-0.2, -0.15) is 0 Å². The molecule has 5 heteroatoms. The second-order valence-corrected chi connectivity index (χ2v) is 9.41. The Morgan fingerprint density at radius 3 is 2.38 bits per heavy atom. The van der Waals surface area contributed by atoms with Gasteiger partial charge in [-0.05, 0) is 61.1 Å². The highest BCUT2D eigenvalue weighted by molar-refractivity contribution is 5.79. The van der Waals surface area contributed by atoms with Gasteiger partial charge in [0, 0.05) is 19.0 Å². The largest absolute Gasteiger partial charge is 0.478 e. The van der Waals surface area contributed by atoms with Crippen LogP contribution < -0.4 is 4.74 Å². The summed E-state index contributed by atoms with van der Waals surface area (Å²) in [6.07, 6.45) is 2.31. The van der Waals surface area contributed by atoms with Crippen molar-refractivity contribution in [2.45, 2.75) is 44.6 Å². The van der Waals surface area contributed by atoms with Crippen molar-refractivity contribution in [2.75, 3.05) is 13.1 Å². The monoisotopic (exact) mass is 457 g/mol. The summed E-state index contributed by atoms with van der Waals surface area (Å²) in [5.74, 6) is -0.137. The molecule has 176 valence electrons. The number of rotatable bonds is 7. The molecule has 0 aliphatic carbocycles. The molecule has 1 amide bonds. The number of nitrogens with zero attached hydrogens (tertiary/aromatic N) is 1. The second-order valence-electron chi connectivity index (χ2n) is 9.41. The van der Waals surface area contributed by atoms with Crippen molar-refractivity contribution in [1.82, 2.24) is 4.90 Å². The Hall–Kier alpha value is -3.60. The second kappa shape index (κ2) is 10.1. The van der Waals surface area contributed by atoms with Gasteiger partial charge in [-0.25, -0.2) is 4.79 Å². The van der Waals surface area contributed by atoms with Crippen LogP contribution in [-0.4, -0.2) is 40.6 Å². The number of carbonyl (C=O) groups excluding carboxylic acids is 1. The molecule has 0 aromatic heterocycles. The molecule has 0 radical (unpaired) electrons. The maximum absolute atomic E-state index is 13.1. The normalized spacial score (nSPS) is 16.2. The molecule has 0 unspecified atom stereocenters. The lowest BCUT2D eigenvalue weighted by molar-refractivity contribution is -0.152. The third kappa shape index (κ3) is 5.66. The number of carboxylic acids is 1. The predicted octanol–water partition coefficient (Wildman–Crippen LogP) is 5.54. The van der Waals surface area contributed by atoms with Crippen LogP contribution in [0, 0.1) is 0 Å². The third-order valence-corrected chi connectivity index (χ3v) is 6.41. The van der Waals surface area contributed by atoms with E-state index in [1.807, 2.05) is 53.4 Å². The standard InChI is InChI=1S/C29H31NO4/c1-29(2,28(32)33)34-26-12-6-10-24(19-26)25-11-7-17-30(20-25)27(31)18-21-13-15-23(16-14-21)22-8-4-3-5-9-22/h3-6,8-10,12-16,19,25H,7,11,17-18,20H2,1-2H3,(H,32,33)/t25-/m1/s1. The number of benzene rings is 3. The van der Waals surface area contributed by atoms with Crippen LogP contribution in [0.3, 0.4) is 0 Å². The summed E-state index contributed by atoms with van der Waals surface area (Å²) in [7, 11) is 0. The van der Waals surface area contributed by atoms with Crippen molar-refractivity contribution in [1.29, 1.82) is 0 Å². The fourth-order valence-corrected chi connectivity index (χ4v) is 4.38. The summed E-state index contributed by atoms with van der Waals surface area (Å²) in [5, 5.41) is 9.34. The van der Waals surface area contributed by atoms with Crippen LogP contribution >= 0.6 is 0 Å². The highest BCUT2D eigenvalue weighted by Gasteiger charge is 2.30. The number of hydrogen-bond donors (Lipinski definition) is 1. The molecule has 3 aromatic rings. The molecule has 1 atom stereocenters. The summed E-state index contributed by atoms with van der Waals surface area (Å²) < 4.78 is 5.71. The minimum Gasteiger partial charge on any atom is -0.478 e. The Labute approximate surface area is 201 Å². The van der Waals surface area contributed by atoms with Crippen molar-refractivity contribution in [3.63, 3.8) is 0 Å². The van der Waals surface area contributed by atoms with Gasteiger partial charge in [-0.15, -0.1) is 0 Å². The van der Waals surface area contributed by atoms with Crippen LogP contribution in [0.5, 0.6) is 5.75 Å². The molecular weight excluding hydrogens is 426 g/mol. The summed E-state index contributed by atoms with van der Waals surface area (Å²) >= 11 is 0. The van der Waals surface area contributed by atoms with E-state index in [0.29, 0.717) is 18.7 Å². The zero-order valence-corrected chi connectivity index (χ0v) is 19.7. The SMILES string of the molecule is CC(C)(Oc1cccc([C@@H]2CCCN(C(=O)Cc3ccc(-c4ccccc4)cc3)C2)c1)C(=O)O. The maximum Gasteiger partial charge on any atom is 0.347 e. The van der Waals surface area contributed by atoms with Crippen LogP contribution in [-0.2, 0) is 16.0 Å². The summed E-state index contributed by atoms with van der Waals surface area (Å²) in [5.41, 5.74) is 3.09. The van der Waals surface area contributed by atoms with E-state index in [1.165, 1.54) is 13.8 Å². The smallest absolute Gasteiger partial charge is 0.347 e. The van der Waals surface area contributed by atoms with Gasteiger partial charge in [-0.3, -0.25) is 4.79 Å². The van der Waals surface area contributed by atoms with Gasteiger partial charge in [0.05, 0.1) is 6.42 Å². The first-order chi connectivity index (χ1) is 16.3. The Morgan fingerprint density at radius 2 is 1.68 bits per heavy atom. The van der Waals surface area contributed by atoms with Gasteiger partial charge >= 0.3 is 5.97 Å². The van der Waals surface area contributed by atoms with Crippen molar-refractivity contribution in [3.8, 4) is 16.9 Å². The van der Waals surface area contributed by atoms with Gasteiger partial charge in [0.15, 0.2) is 5.60 Å². The number of amides is 1. The Morgan fingerprint density at radius 1 is 0.971 bits per heavy atom. The first kappa shape index (κ1) is 23.6. The van der Waals surface area contributed by atoms with Crippen LogP contribution in [0.15, 0.2) is 78.9 Å². The van der Waals surface area contributed by atoms with Crippen LogP contribution in [0.2, 0.25) is 0 Å². The predicted molar refractivity (Wildman–Crippen MR) is 133 cm³/mol. The number of piperidine rings is 1. The molecule has 0 saturated carbocycles. The van der Waals surface area contributed by atoms with Gasteiger partial charge in [0.2, 0.25) is 5.91 Å². The fraction of sp³-hybridized carbons (Fsp3) is 0.310. The number of hydrogen-bond acceptors (Lipinski definition) is 3. The summed E-state index contributed by atoms with van der Waals surface area (Å²) in [6.45, 7) is 4.50. The molecule has 1 aliphatic heterocycles. The van der Waals surface area contributed by atoms with E-state index in [1.54, 1.807) is 6.07 Å². The maximum atomic E-state index is 13.1. The third-order valence-electron chi connectivity index (χ3n) is 6.41.